The maximum absolute atomic E-state index is 12.0. The molecule has 0 bridgehead atoms. The van der Waals surface area contributed by atoms with Gasteiger partial charge in [-0.15, -0.1) is 0 Å². The van der Waals surface area contributed by atoms with Gasteiger partial charge in [0, 0.05) is 19.7 Å². The zero-order chi connectivity index (χ0) is 18.0. The number of carbonyl (C=O) groups is 1. The fourth-order valence-electron chi connectivity index (χ4n) is 1.94. The van der Waals surface area contributed by atoms with Crippen LogP contribution in [0, 0.1) is 0 Å². The van der Waals surface area contributed by atoms with Gasteiger partial charge in [0.25, 0.3) is 5.91 Å². The lowest BCUT2D eigenvalue weighted by Gasteiger charge is -2.13. The third kappa shape index (κ3) is 7.29. The summed E-state index contributed by atoms with van der Waals surface area (Å²) in [5.41, 5.74) is 0. The van der Waals surface area contributed by atoms with E-state index in [1.807, 2.05) is 13.8 Å². The van der Waals surface area contributed by atoms with Crippen LogP contribution in [0.2, 0.25) is 0 Å². The van der Waals surface area contributed by atoms with E-state index in [9.17, 15) is 13.2 Å². The Bertz CT molecular complexity index is 601. The maximum atomic E-state index is 12.0. The van der Waals surface area contributed by atoms with E-state index in [0.29, 0.717) is 18.9 Å². The lowest BCUT2D eigenvalue weighted by atomic mass is 10.3. The number of methoxy groups -OCH3 is 1. The third-order valence-corrected chi connectivity index (χ3v) is 4.63. The smallest absolute Gasteiger partial charge is 0.258 e. The van der Waals surface area contributed by atoms with Crippen molar-refractivity contribution in [3.05, 3.63) is 24.3 Å². The van der Waals surface area contributed by atoms with E-state index < -0.39 is 10.0 Å². The van der Waals surface area contributed by atoms with Gasteiger partial charge in [-0.3, -0.25) is 4.79 Å². The highest BCUT2D eigenvalue weighted by Crippen LogP contribution is 2.15. The summed E-state index contributed by atoms with van der Waals surface area (Å²) in [5.74, 6) is 0.162. The number of nitrogens with one attached hydrogen (secondary N) is 2. The maximum Gasteiger partial charge on any atom is 0.258 e. The summed E-state index contributed by atoms with van der Waals surface area (Å²) in [6.45, 7) is 4.51. The molecule has 0 saturated carbocycles. The minimum Gasteiger partial charge on any atom is -0.484 e. The Labute approximate surface area is 143 Å². The lowest BCUT2D eigenvalue weighted by Crippen LogP contribution is -2.38. The van der Waals surface area contributed by atoms with Gasteiger partial charge in [0.05, 0.1) is 11.5 Å². The summed E-state index contributed by atoms with van der Waals surface area (Å²) < 4.78 is 36.9. The molecule has 136 valence electrons. The minimum atomic E-state index is -3.50. The van der Waals surface area contributed by atoms with Crippen molar-refractivity contribution in [2.45, 2.75) is 37.6 Å². The van der Waals surface area contributed by atoms with Gasteiger partial charge < -0.3 is 14.8 Å². The van der Waals surface area contributed by atoms with Crippen LogP contribution in [0.15, 0.2) is 29.2 Å². The largest absolute Gasteiger partial charge is 0.484 e. The molecule has 0 aliphatic carbocycles. The molecular formula is C16H26N2O5S. The first-order valence-corrected chi connectivity index (χ1v) is 9.38. The molecule has 0 saturated heterocycles. The summed E-state index contributed by atoms with van der Waals surface area (Å²) in [7, 11) is -1.94. The molecule has 0 aliphatic heterocycles. The van der Waals surface area contributed by atoms with Gasteiger partial charge in [0.15, 0.2) is 6.61 Å². The SMILES string of the molecule is CCCCNS(=O)(=O)c1ccc(OCC(=O)N[C@@H](C)COC)cc1. The van der Waals surface area contributed by atoms with E-state index in [1.54, 1.807) is 7.11 Å². The van der Waals surface area contributed by atoms with Crippen LogP contribution >= 0.6 is 0 Å². The van der Waals surface area contributed by atoms with Crippen molar-refractivity contribution >= 4 is 15.9 Å². The summed E-state index contributed by atoms with van der Waals surface area (Å²) in [5, 5.41) is 2.72. The van der Waals surface area contributed by atoms with Gasteiger partial charge in [-0.2, -0.15) is 0 Å². The molecule has 7 nitrogen and oxygen atoms in total. The highest BCUT2D eigenvalue weighted by Gasteiger charge is 2.13. The average Bonchev–Trinajstić information content (AvgIpc) is 2.53. The molecule has 1 rings (SSSR count). The van der Waals surface area contributed by atoms with Crippen LogP contribution < -0.4 is 14.8 Å². The number of unbranched alkanes of at least 4 members (excludes halogenated alkanes) is 1. The normalized spacial score (nSPS) is 12.6. The van der Waals surface area contributed by atoms with Gasteiger partial charge in [-0.05, 0) is 37.6 Å². The second-order valence-electron chi connectivity index (χ2n) is 5.44. The topological polar surface area (TPSA) is 93.7 Å². The Morgan fingerprint density at radius 3 is 2.50 bits per heavy atom. The van der Waals surface area contributed by atoms with Crippen molar-refractivity contribution in [3.8, 4) is 5.75 Å². The van der Waals surface area contributed by atoms with Crippen LogP contribution in [0.25, 0.3) is 0 Å². The van der Waals surface area contributed by atoms with Crippen molar-refractivity contribution in [2.75, 3.05) is 26.9 Å². The number of amides is 1. The zero-order valence-electron chi connectivity index (χ0n) is 14.4. The van der Waals surface area contributed by atoms with Crippen LogP contribution in [0.3, 0.4) is 0 Å². The number of carbonyl (C=O) groups excluding carboxylic acids is 1. The van der Waals surface area contributed by atoms with Crippen LogP contribution in [0.1, 0.15) is 26.7 Å². The highest BCUT2D eigenvalue weighted by atomic mass is 32.2. The molecule has 0 fully saturated rings. The Kier molecular flexibility index (Phi) is 8.73. The number of sulfonamides is 1. The first-order valence-electron chi connectivity index (χ1n) is 7.90. The molecule has 1 amide bonds. The summed E-state index contributed by atoms with van der Waals surface area (Å²) in [6, 6.07) is 5.86. The van der Waals surface area contributed by atoms with Crippen molar-refractivity contribution in [1.29, 1.82) is 0 Å². The highest BCUT2D eigenvalue weighted by molar-refractivity contribution is 7.89. The number of rotatable bonds is 11. The van der Waals surface area contributed by atoms with Gasteiger partial charge in [-0.25, -0.2) is 13.1 Å². The van der Waals surface area contributed by atoms with E-state index in [1.165, 1.54) is 24.3 Å². The molecule has 0 aliphatic rings. The number of hydrogen-bond acceptors (Lipinski definition) is 5. The molecule has 0 spiro atoms. The fraction of sp³-hybridized carbons (Fsp3) is 0.562. The van der Waals surface area contributed by atoms with E-state index in [4.69, 9.17) is 9.47 Å². The van der Waals surface area contributed by atoms with E-state index in [2.05, 4.69) is 10.0 Å². The number of hydrogen-bond donors (Lipinski definition) is 2. The molecule has 1 atom stereocenters. The van der Waals surface area contributed by atoms with Crippen LogP contribution in [0.4, 0.5) is 0 Å². The zero-order valence-corrected chi connectivity index (χ0v) is 15.2. The molecule has 1 aromatic carbocycles. The average molecular weight is 358 g/mol. The van der Waals surface area contributed by atoms with E-state index in [-0.39, 0.29) is 23.5 Å². The number of ether oxygens (including phenoxy) is 2. The standard InChI is InChI=1S/C16H26N2O5S/c1-4-5-10-17-24(20,21)15-8-6-14(7-9-15)23-12-16(19)18-13(2)11-22-3/h6-9,13,17H,4-5,10-12H2,1-3H3,(H,18,19)/t13-/m0/s1. The first kappa shape index (κ1) is 20.4. The van der Waals surface area contributed by atoms with Crippen molar-refractivity contribution < 1.29 is 22.7 Å². The molecule has 2 N–H and O–H groups in total. The van der Waals surface area contributed by atoms with Gasteiger partial charge >= 0.3 is 0 Å². The summed E-state index contributed by atoms with van der Waals surface area (Å²) in [6.07, 6.45) is 1.71. The van der Waals surface area contributed by atoms with Crippen molar-refractivity contribution in [3.63, 3.8) is 0 Å². The van der Waals surface area contributed by atoms with E-state index >= 15 is 0 Å². The molecule has 0 radical (unpaired) electrons. The van der Waals surface area contributed by atoms with Gasteiger partial charge in [-0.1, -0.05) is 13.3 Å². The molecule has 0 heterocycles. The third-order valence-electron chi connectivity index (χ3n) is 3.15. The monoisotopic (exact) mass is 358 g/mol. The molecule has 0 unspecified atom stereocenters. The molecule has 24 heavy (non-hydrogen) atoms. The molecule has 0 aromatic heterocycles. The van der Waals surface area contributed by atoms with E-state index in [0.717, 1.165) is 12.8 Å². The Morgan fingerprint density at radius 1 is 1.25 bits per heavy atom. The van der Waals surface area contributed by atoms with Gasteiger partial charge in [0.2, 0.25) is 10.0 Å². The minimum absolute atomic E-state index is 0.104. The Hall–Kier alpha value is -1.64. The summed E-state index contributed by atoms with van der Waals surface area (Å²) >= 11 is 0. The first-order chi connectivity index (χ1) is 11.4. The number of benzene rings is 1. The predicted octanol–water partition coefficient (Wildman–Crippen LogP) is 1.29. The fourth-order valence-corrected chi connectivity index (χ4v) is 3.01. The van der Waals surface area contributed by atoms with Crippen molar-refractivity contribution in [1.82, 2.24) is 10.0 Å². The quantitative estimate of drug-likeness (QED) is 0.582. The van der Waals surface area contributed by atoms with Crippen LogP contribution in [-0.2, 0) is 19.6 Å². The molecule has 1 aromatic rings. The Balaban J connectivity index is 2.51. The van der Waals surface area contributed by atoms with Gasteiger partial charge in [0.1, 0.15) is 5.75 Å². The lowest BCUT2D eigenvalue weighted by molar-refractivity contribution is -0.124. The summed E-state index contributed by atoms with van der Waals surface area (Å²) in [4.78, 5) is 11.8. The van der Waals surface area contributed by atoms with Crippen LogP contribution in [0.5, 0.6) is 5.75 Å². The Morgan fingerprint density at radius 2 is 1.92 bits per heavy atom. The predicted molar refractivity (Wildman–Crippen MR) is 91.5 cm³/mol. The second-order valence-corrected chi connectivity index (χ2v) is 7.20. The molecular weight excluding hydrogens is 332 g/mol. The second kappa shape index (κ2) is 10.3. The van der Waals surface area contributed by atoms with Crippen LogP contribution in [-0.4, -0.2) is 47.2 Å². The van der Waals surface area contributed by atoms with Crippen molar-refractivity contribution in [2.24, 2.45) is 0 Å². The molecule has 8 heteroatoms.